The molecule has 0 atom stereocenters. The molecule has 1 aromatic heterocycles. The van der Waals surface area contributed by atoms with Crippen molar-refractivity contribution in [2.24, 2.45) is 0 Å². The van der Waals surface area contributed by atoms with E-state index in [4.69, 9.17) is 4.74 Å². The van der Waals surface area contributed by atoms with E-state index in [1.165, 1.54) is 32.4 Å². The maximum Gasteiger partial charge on any atom is 0.259 e. The van der Waals surface area contributed by atoms with Crippen molar-refractivity contribution >= 4 is 48.5 Å². The van der Waals surface area contributed by atoms with Gasteiger partial charge in [-0.2, -0.15) is 0 Å². The number of amides is 1. The van der Waals surface area contributed by atoms with Crippen LogP contribution in [0.2, 0.25) is 0 Å². The Morgan fingerprint density at radius 2 is 1.93 bits per heavy atom. The summed E-state index contributed by atoms with van der Waals surface area (Å²) in [4.78, 5) is 17.1. The quantitative estimate of drug-likeness (QED) is 0.623. The summed E-state index contributed by atoms with van der Waals surface area (Å²) in [5.41, 5.74) is 1.37. The number of halogens is 1. The first kappa shape index (κ1) is 19.3. The van der Waals surface area contributed by atoms with E-state index in [1.807, 2.05) is 18.2 Å². The monoisotopic (exact) mass is 449 g/mol. The Hall–Kier alpha value is -2.49. The van der Waals surface area contributed by atoms with Crippen LogP contribution in [0.25, 0.3) is 10.9 Å². The average molecular weight is 450 g/mol. The predicted octanol–water partition coefficient (Wildman–Crippen LogP) is 3.17. The minimum Gasteiger partial charge on any atom is -0.496 e. The number of methoxy groups -OCH3 is 1. The number of carbonyl (C=O) groups is 1. The summed E-state index contributed by atoms with van der Waals surface area (Å²) >= 11 is 3.41. The zero-order valence-corrected chi connectivity index (χ0v) is 16.9. The number of hydrogen-bond donors (Lipinski definition) is 2. The number of aromatic nitrogens is 1. The molecule has 3 rings (SSSR count). The van der Waals surface area contributed by atoms with Crippen molar-refractivity contribution in [3.05, 3.63) is 58.7 Å². The molecule has 27 heavy (non-hydrogen) atoms. The summed E-state index contributed by atoms with van der Waals surface area (Å²) in [5.74, 6) is -0.227. The molecule has 0 saturated heterocycles. The molecule has 0 aliphatic carbocycles. The Morgan fingerprint density at radius 3 is 2.63 bits per heavy atom. The van der Waals surface area contributed by atoms with Gasteiger partial charge in [0.1, 0.15) is 5.75 Å². The van der Waals surface area contributed by atoms with Crippen molar-refractivity contribution in [1.29, 1.82) is 0 Å². The maximum atomic E-state index is 12.9. The first-order valence-electron chi connectivity index (χ1n) is 7.83. The lowest BCUT2D eigenvalue weighted by molar-refractivity contribution is 0.102. The summed E-state index contributed by atoms with van der Waals surface area (Å²) in [5, 5.41) is 3.55. The molecule has 0 unspecified atom stereocenters. The molecule has 9 heteroatoms. The maximum absolute atomic E-state index is 12.9. The number of nitrogens with zero attached hydrogens (tertiary/aromatic N) is 1. The summed E-state index contributed by atoms with van der Waals surface area (Å²) in [7, 11) is -0.974. The molecule has 0 fully saturated rings. The van der Waals surface area contributed by atoms with Crippen LogP contribution in [-0.2, 0) is 10.0 Å². The van der Waals surface area contributed by atoms with Crippen LogP contribution < -0.4 is 14.8 Å². The lowest BCUT2D eigenvalue weighted by atomic mass is 10.1. The van der Waals surface area contributed by atoms with Crippen molar-refractivity contribution in [2.45, 2.75) is 4.90 Å². The average Bonchev–Trinajstić information content (AvgIpc) is 2.67. The second-order valence-electron chi connectivity index (χ2n) is 5.54. The molecule has 0 radical (unpaired) electrons. The third-order valence-electron chi connectivity index (χ3n) is 3.95. The van der Waals surface area contributed by atoms with E-state index in [0.29, 0.717) is 5.69 Å². The number of pyridine rings is 1. The van der Waals surface area contributed by atoms with Crippen molar-refractivity contribution in [1.82, 2.24) is 9.71 Å². The van der Waals surface area contributed by atoms with Gasteiger partial charge in [-0.3, -0.25) is 9.78 Å². The van der Waals surface area contributed by atoms with E-state index >= 15 is 0 Å². The largest absolute Gasteiger partial charge is 0.496 e. The number of carbonyl (C=O) groups excluding carboxylic acids is 1. The molecule has 1 amide bonds. The highest BCUT2D eigenvalue weighted by Crippen LogP contribution is 2.27. The molecule has 2 aromatic carbocycles. The second kappa shape index (κ2) is 7.63. The Bertz CT molecular complexity index is 1130. The fourth-order valence-electron chi connectivity index (χ4n) is 2.57. The fourth-order valence-corrected chi connectivity index (χ4v) is 3.68. The van der Waals surface area contributed by atoms with E-state index in [1.54, 1.807) is 12.3 Å². The van der Waals surface area contributed by atoms with Gasteiger partial charge in [0.25, 0.3) is 5.91 Å². The van der Waals surface area contributed by atoms with Gasteiger partial charge in [-0.05, 0) is 49.5 Å². The third kappa shape index (κ3) is 3.95. The zero-order chi connectivity index (χ0) is 19.6. The topological polar surface area (TPSA) is 97.4 Å². The summed E-state index contributed by atoms with van der Waals surface area (Å²) in [6.07, 6.45) is 1.59. The van der Waals surface area contributed by atoms with E-state index in [0.717, 1.165) is 15.4 Å². The summed E-state index contributed by atoms with van der Waals surface area (Å²) < 4.78 is 32.4. The van der Waals surface area contributed by atoms with Crippen molar-refractivity contribution < 1.29 is 17.9 Å². The van der Waals surface area contributed by atoms with Crippen molar-refractivity contribution in [2.75, 3.05) is 19.5 Å². The molecule has 3 aromatic rings. The molecule has 140 valence electrons. The van der Waals surface area contributed by atoms with Gasteiger partial charge in [0, 0.05) is 16.1 Å². The van der Waals surface area contributed by atoms with Crippen LogP contribution in [0.15, 0.2) is 58.0 Å². The number of ether oxygens (including phenoxy) is 1. The van der Waals surface area contributed by atoms with Gasteiger partial charge in [0.15, 0.2) is 0 Å². The lowest BCUT2D eigenvalue weighted by Gasteiger charge is -2.13. The molecule has 0 spiro atoms. The van der Waals surface area contributed by atoms with Gasteiger partial charge in [-0.1, -0.05) is 15.9 Å². The van der Waals surface area contributed by atoms with Crippen molar-refractivity contribution in [3.63, 3.8) is 0 Å². The van der Waals surface area contributed by atoms with Crippen LogP contribution >= 0.6 is 15.9 Å². The van der Waals surface area contributed by atoms with Crippen molar-refractivity contribution in [3.8, 4) is 5.75 Å². The van der Waals surface area contributed by atoms with Crippen LogP contribution in [0.3, 0.4) is 0 Å². The van der Waals surface area contributed by atoms with Gasteiger partial charge >= 0.3 is 0 Å². The van der Waals surface area contributed by atoms with Crippen LogP contribution in [0.4, 0.5) is 5.69 Å². The Kier molecular flexibility index (Phi) is 5.45. The molecule has 1 heterocycles. The minimum absolute atomic E-state index is 0.0294. The van der Waals surface area contributed by atoms with Crippen LogP contribution in [0.1, 0.15) is 10.4 Å². The van der Waals surface area contributed by atoms with Gasteiger partial charge in [0.2, 0.25) is 10.0 Å². The molecule has 0 aliphatic rings. The minimum atomic E-state index is -3.69. The second-order valence-corrected chi connectivity index (χ2v) is 8.35. The van der Waals surface area contributed by atoms with Crippen LogP contribution in [0, 0.1) is 0 Å². The SMILES string of the molecule is CNS(=O)(=O)c1ccc(OC)c(C(=O)Nc2ccnc3ccc(Br)cc23)c1. The summed E-state index contributed by atoms with van der Waals surface area (Å²) in [6, 6.07) is 11.3. The zero-order valence-electron chi connectivity index (χ0n) is 14.5. The van der Waals surface area contributed by atoms with Crippen LogP contribution in [-0.4, -0.2) is 33.5 Å². The van der Waals surface area contributed by atoms with E-state index in [2.05, 4.69) is 31.0 Å². The standard InChI is InChI=1S/C18H16BrN3O4S/c1-20-27(24,25)12-4-6-17(26-2)14(10-12)18(23)22-16-7-8-21-15-5-3-11(19)9-13(15)16/h3-10,20H,1-2H3,(H,21,22,23). The summed E-state index contributed by atoms with van der Waals surface area (Å²) in [6.45, 7) is 0. The van der Waals surface area contributed by atoms with Gasteiger partial charge in [0.05, 0.1) is 28.8 Å². The lowest BCUT2D eigenvalue weighted by Crippen LogP contribution is -2.20. The first-order valence-corrected chi connectivity index (χ1v) is 10.1. The van der Waals surface area contributed by atoms with Gasteiger partial charge in [-0.25, -0.2) is 13.1 Å². The molecular formula is C18H16BrN3O4S. The smallest absolute Gasteiger partial charge is 0.259 e. The number of anilines is 1. The van der Waals surface area contributed by atoms with Crippen LogP contribution in [0.5, 0.6) is 5.75 Å². The number of hydrogen-bond acceptors (Lipinski definition) is 5. The number of rotatable bonds is 5. The molecular weight excluding hydrogens is 434 g/mol. The Morgan fingerprint density at radius 1 is 1.15 bits per heavy atom. The number of fused-ring (bicyclic) bond motifs is 1. The van der Waals surface area contributed by atoms with Gasteiger partial charge in [-0.15, -0.1) is 0 Å². The van der Waals surface area contributed by atoms with E-state index in [-0.39, 0.29) is 16.2 Å². The Balaban J connectivity index is 2.04. The van der Waals surface area contributed by atoms with E-state index in [9.17, 15) is 13.2 Å². The Labute approximate surface area is 164 Å². The first-order chi connectivity index (χ1) is 12.9. The molecule has 0 saturated carbocycles. The fraction of sp³-hybridized carbons (Fsp3) is 0.111. The molecule has 2 N–H and O–H groups in total. The third-order valence-corrected chi connectivity index (χ3v) is 5.85. The number of sulfonamides is 1. The number of benzene rings is 2. The highest BCUT2D eigenvalue weighted by molar-refractivity contribution is 9.10. The molecule has 7 nitrogen and oxygen atoms in total. The highest BCUT2D eigenvalue weighted by atomic mass is 79.9. The van der Waals surface area contributed by atoms with E-state index < -0.39 is 15.9 Å². The predicted molar refractivity (Wildman–Crippen MR) is 107 cm³/mol. The highest BCUT2D eigenvalue weighted by Gasteiger charge is 2.19. The molecule has 0 bridgehead atoms. The number of nitrogens with one attached hydrogen (secondary N) is 2. The normalized spacial score (nSPS) is 11.4. The van der Waals surface area contributed by atoms with Gasteiger partial charge < -0.3 is 10.1 Å². The molecule has 0 aliphatic heterocycles.